The average Bonchev–Trinajstić information content (AvgIpc) is 2.49. The van der Waals surface area contributed by atoms with E-state index in [1.165, 1.54) is 11.1 Å². The molecule has 3 aromatic carbocycles. The Hall–Kier alpha value is -2.68. The molecule has 0 amide bonds. The minimum atomic E-state index is 0.644. The van der Waals surface area contributed by atoms with Crippen LogP contribution in [-0.2, 0) is 0 Å². The maximum absolute atomic E-state index is 6.10. The zero-order valence-corrected chi connectivity index (χ0v) is 13.1. The van der Waals surface area contributed by atoms with Crippen LogP contribution in [0.2, 0.25) is 0 Å². The Morgan fingerprint density at radius 3 is 2.32 bits per heavy atom. The largest absolute Gasteiger partial charge is 0.397 e. The fourth-order valence-corrected chi connectivity index (χ4v) is 2.49. The molecule has 22 heavy (non-hydrogen) atoms. The van der Waals surface area contributed by atoms with Gasteiger partial charge in [0.25, 0.3) is 0 Å². The highest BCUT2D eigenvalue weighted by Crippen LogP contribution is 2.34. The fraction of sp³-hybridized carbons (Fsp3) is 0.158. The Morgan fingerprint density at radius 2 is 1.50 bits per heavy atom. The SMILES string of the molecule is Cc1ccc(C)c(N=Nc2c(N)ccc3cc(C)ccc23)c1. The lowest BCUT2D eigenvalue weighted by atomic mass is 10.1. The van der Waals surface area contributed by atoms with Crippen molar-refractivity contribution in [2.75, 3.05) is 5.73 Å². The van der Waals surface area contributed by atoms with Crippen molar-refractivity contribution in [3.05, 3.63) is 65.2 Å². The van der Waals surface area contributed by atoms with Crippen LogP contribution in [0.15, 0.2) is 58.8 Å². The van der Waals surface area contributed by atoms with Gasteiger partial charge >= 0.3 is 0 Å². The van der Waals surface area contributed by atoms with Crippen LogP contribution in [0, 0.1) is 20.8 Å². The zero-order chi connectivity index (χ0) is 15.7. The van der Waals surface area contributed by atoms with Crippen LogP contribution < -0.4 is 5.73 Å². The first-order valence-electron chi connectivity index (χ1n) is 7.32. The standard InChI is InChI=1S/C19H19N3/c1-12-5-8-16-15(10-12)7-9-17(20)19(16)22-21-18-11-13(2)4-6-14(18)3/h4-11H,20H2,1-3H3. The minimum absolute atomic E-state index is 0.644. The van der Waals surface area contributed by atoms with E-state index in [0.717, 1.165) is 27.7 Å². The zero-order valence-electron chi connectivity index (χ0n) is 13.1. The predicted octanol–water partition coefficient (Wildman–Crippen LogP) is 5.76. The molecule has 0 heterocycles. The van der Waals surface area contributed by atoms with Gasteiger partial charge in [0.2, 0.25) is 0 Å². The summed E-state index contributed by atoms with van der Waals surface area (Å²) in [5, 5.41) is 11.0. The lowest BCUT2D eigenvalue weighted by molar-refractivity contribution is 1.21. The van der Waals surface area contributed by atoms with E-state index in [0.29, 0.717) is 5.69 Å². The molecule has 0 spiro atoms. The molecular formula is C19H19N3. The van der Waals surface area contributed by atoms with E-state index in [1.807, 2.05) is 32.0 Å². The molecule has 0 bridgehead atoms. The van der Waals surface area contributed by atoms with Crippen LogP contribution in [0.5, 0.6) is 0 Å². The molecule has 110 valence electrons. The van der Waals surface area contributed by atoms with E-state index in [2.05, 4.69) is 47.5 Å². The van der Waals surface area contributed by atoms with Crippen molar-refractivity contribution < 1.29 is 0 Å². The third-order valence-electron chi connectivity index (χ3n) is 3.80. The Labute approximate surface area is 130 Å². The predicted molar refractivity (Wildman–Crippen MR) is 93.2 cm³/mol. The number of fused-ring (bicyclic) bond motifs is 1. The minimum Gasteiger partial charge on any atom is -0.397 e. The summed E-state index contributed by atoms with van der Waals surface area (Å²) < 4.78 is 0. The molecule has 3 aromatic rings. The van der Waals surface area contributed by atoms with Gasteiger partial charge in [-0.3, -0.25) is 0 Å². The van der Waals surface area contributed by atoms with Crippen molar-refractivity contribution in [2.24, 2.45) is 10.2 Å². The van der Waals surface area contributed by atoms with Gasteiger partial charge in [-0.05, 0) is 49.4 Å². The van der Waals surface area contributed by atoms with Crippen molar-refractivity contribution in [1.29, 1.82) is 0 Å². The normalized spacial score (nSPS) is 11.4. The molecule has 0 aliphatic carbocycles. The van der Waals surface area contributed by atoms with Crippen LogP contribution in [-0.4, -0.2) is 0 Å². The molecular weight excluding hydrogens is 270 g/mol. The molecule has 3 nitrogen and oxygen atoms in total. The maximum atomic E-state index is 6.10. The average molecular weight is 289 g/mol. The number of benzene rings is 3. The smallest absolute Gasteiger partial charge is 0.116 e. The van der Waals surface area contributed by atoms with E-state index >= 15 is 0 Å². The van der Waals surface area contributed by atoms with Crippen molar-refractivity contribution in [1.82, 2.24) is 0 Å². The fourth-order valence-electron chi connectivity index (χ4n) is 2.49. The van der Waals surface area contributed by atoms with Gasteiger partial charge in [0, 0.05) is 5.39 Å². The van der Waals surface area contributed by atoms with Crippen LogP contribution in [0.1, 0.15) is 16.7 Å². The third kappa shape index (κ3) is 2.70. The van der Waals surface area contributed by atoms with Crippen molar-refractivity contribution >= 4 is 27.8 Å². The highest BCUT2D eigenvalue weighted by molar-refractivity contribution is 5.98. The number of aryl methyl sites for hydroxylation is 3. The number of hydrogen-bond donors (Lipinski definition) is 1. The summed E-state index contributed by atoms with van der Waals surface area (Å²) >= 11 is 0. The summed E-state index contributed by atoms with van der Waals surface area (Å²) in [6, 6.07) is 16.3. The highest BCUT2D eigenvalue weighted by Gasteiger charge is 2.05. The van der Waals surface area contributed by atoms with E-state index in [1.54, 1.807) is 0 Å². The van der Waals surface area contributed by atoms with Gasteiger partial charge in [-0.15, -0.1) is 5.11 Å². The monoisotopic (exact) mass is 289 g/mol. The van der Waals surface area contributed by atoms with Gasteiger partial charge in [0.15, 0.2) is 0 Å². The molecule has 0 saturated carbocycles. The second kappa shape index (κ2) is 5.60. The number of hydrogen-bond acceptors (Lipinski definition) is 3. The topological polar surface area (TPSA) is 50.7 Å². The Balaban J connectivity index is 2.12. The molecule has 0 aromatic heterocycles. The van der Waals surface area contributed by atoms with E-state index in [9.17, 15) is 0 Å². The lowest BCUT2D eigenvalue weighted by Gasteiger charge is -2.06. The molecule has 3 heteroatoms. The molecule has 0 saturated heterocycles. The van der Waals surface area contributed by atoms with Gasteiger partial charge < -0.3 is 5.73 Å². The summed E-state index contributed by atoms with van der Waals surface area (Å²) in [7, 11) is 0. The quantitative estimate of drug-likeness (QED) is 0.473. The third-order valence-corrected chi connectivity index (χ3v) is 3.80. The van der Waals surface area contributed by atoms with Crippen molar-refractivity contribution in [2.45, 2.75) is 20.8 Å². The Bertz CT molecular complexity index is 879. The summed E-state index contributed by atoms with van der Waals surface area (Å²) in [6.45, 7) is 6.16. The van der Waals surface area contributed by atoms with Gasteiger partial charge in [-0.2, -0.15) is 5.11 Å². The first-order chi connectivity index (χ1) is 10.5. The molecule has 3 rings (SSSR count). The number of azo groups is 1. The first kappa shape index (κ1) is 14.3. The lowest BCUT2D eigenvalue weighted by Crippen LogP contribution is -1.87. The Kier molecular flexibility index (Phi) is 3.63. The van der Waals surface area contributed by atoms with Crippen LogP contribution in [0.4, 0.5) is 17.1 Å². The van der Waals surface area contributed by atoms with Crippen LogP contribution in [0.3, 0.4) is 0 Å². The molecule has 2 N–H and O–H groups in total. The van der Waals surface area contributed by atoms with Gasteiger partial charge in [0.05, 0.1) is 11.4 Å². The van der Waals surface area contributed by atoms with Gasteiger partial charge in [-0.1, -0.05) is 42.0 Å². The number of nitrogen functional groups attached to an aromatic ring is 1. The van der Waals surface area contributed by atoms with E-state index in [-0.39, 0.29) is 0 Å². The summed E-state index contributed by atoms with van der Waals surface area (Å²) in [5.41, 5.74) is 11.8. The summed E-state index contributed by atoms with van der Waals surface area (Å²) in [6.07, 6.45) is 0. The molecule has 0 unspecified atom stereocenters. The second-order valence-electron chi connectivity index (χ2n) is 5.72. The van der Waals surface area contributed by atoms with E-state index in [4.69, 9.17) is 5.73 Å². The molecule has 0 radical (unpaired) electrons. The van der Waals surface area contributed by atoms with Gasteiger partial charge in [-0.25, -0.2) is 0 Å². The molecule has 0 aliphatic rings. The summed E-state index contributed by atoms with van der Waals surface area (Å²) in [4.78, 5) is 0. The number of nitrogens with zero attached hydrogens (tertiary/aromatic N) is 2. The Morgan fingerprint density at radius 1 is 0.773 bits per heavy atom. The molecule has 0 atom stereocenters. The van der Waals surface area contributed by atoms with Crippen LogP contribution >= 0.6 is 0 Å². The first-order valence-corrected chi connectivity index (χ1v) is 7.32. The number of anilines is 1. The van der Waals surface area contributed by atoms with Crippen molar-refractivity contribution in [3.8, 4) is 0 Å². The molecule has 0 aliphatic heterocycles. The molecule has 0 fully saturated rings. The maximum Gasteiger partial charge on any atom is 0.116 e. The summed E-state index contributed by atoms with van der Waals surface area (Å²) in [5.74, 6) is 0. The highest BCUT2D eigenvalue weighted by atomic mass is 15.1. The van der Waals surface area contributed by atoms with Gasteiger partial charge in [0.1, 0.15) is 5.69 Å². The van der Waals surface area contributed by atoms with Crippen LogP contribution in [0.25, 0.3) is 10.8 Å². The second-order valence-corrected chi connectivity index (χ2v) is 5.72. The van der Waals surface area contributed by atoms with E-state index < -0.39 is 0 Å². The number of rotatable bonds is 2. The number of nitrogens with two attached hydrogens (primary N) is 1. The van der Waals surface area contributed by atoms with Crippen molar-refractivity contribution in [3.63, 3.8) is 0 Å².